The highest BCUT2D eigenvalue weighted by molar-refractivity contribution is 5.96. The first kappa shape index (κ1) is 20.4. The van der Waals surface area contributed by atoms with Crippen LogP contribution >= 0.6 is 0 Å². The fourth-order valence-corrected chi connectivity index (χ4v) is 3.23. The van der Waals surface area contributed by atoms with Crippen molar-refractivity contribution in [2.24, 2.45) is 5.73 Å². The van der Waals surface area contributed by atoms with Crippen molar-refractivity contribution < 1.29 is 19.1 Å². The average Bonchev–Trinajstić information content (AvgIpc) is 2.68. The highest BCUT2D eigenvalue weighted by atomic mass is 16.5. The summed E-state index contributed by atoms with van der Waals surface area (Å²) < 4.78 is 5.73. The van der Waals surface area contributed by atoms with Crippen LogP contribution in [0.3, 0.4) is 0 Å². The SMILES string of the molecule is Cc1cccc(OCCN2CCC(=O)N(Cc3ccc(CC(N)=O)cc3)C2=O)c1. The van der Waals surface area contributed by atoms with E-state index in [1.54, 1.807) is 29.2 Å². The number of rotatable bonds is 8. The summed E-state index contributed by atoms with van der Waals surface area (Å²) in [6.45, 7) is 3.35. The van der Waals surface area contributed by atoms with Crippen LogP contribution < -0.4 is 10.5 Å². The number of benzene rings is 2. The van der Waals surface area contributed by atoms with Gasteiger partial charge in [0.1, 0.15) is 12.4 Å². The molecule has 1 heterocycles. The molecule has 29 heavy (non-hydrogen) atoms. The molecule has 2 aromatic carbocycles. The molecule has 7 heteroatoms. The van der Waals surface area contributed by atoms with Crippen molar-refractivity contribution in [3.63, 3.8) is 0 Å². The lowest BCUT2D eigenvalue weighted by molar-refractivity contribution is -0.131. The topological polar surface area (TPSA) is 92.9 Å². The van der Waals surface area contributed by atoms with E-state index in [-0.39, 0.29) is 31.3 Å². The maximum atomic E-state index is 12.8. The summed E-state index contributed by atoms with van der Waals surface area (Å²) in [5, 5.41) is 0. The zero-order valence-corrected chi connectivity index (χ0v) is 16.5. The highest BCUT2D eigenvalue weighted by Gasteiger charge is 2.31. The third kappa shape index (κ3) is 5.57. The molecule has 2 aromatic rings. The lowest BCUT2D eigenvalue weighted by atomic mass is 10.1. The number of primary amides is 1. The molecule has 0 aliphatic carbocycles. The Balaban J connectivity index is 1.57. The molecule has 4 amide bonds. The summed E-state index contributed by atoms with van der Waals surface area (Å²) in [6, 6.07) is 14.6. The van der Waals surface area contributed by atoms with Crippen molar-refractivity contribution in [2.45, 2.75) is 26.3 Å². The van der Waals surface area contributed by atoms with Gasteiger partial charge in [-0.15, -0.1) is 0 Å². The molecule has 0 bridgehead atoms. The summed E-state index contributed by atoms with van der Waals surface area (Å²) in [7, 11) is 0. The number of hydrogen-bond donors (Lipinski definition) is 1. The second-order valence-electron chi connectivity index (χ2n) is 7.12. The lowest BCUT2D eigenvalue weighted by Crippen LogP contribution is -2.52. The summed E-state index contributed by atoms with van der Waals surface area (Å²) in [6.07, 6.45) is 0.451. The minimum Gasteiger partial charge on any atom is -0.492 e. The number of carbonyl (C=O) groups is 3. The summed E-state index contributed by atoms with van der Waals surface area (Å²) in [5.74, 6) is 0.174. The minimum absolute atomic E-state index is 0.163. The molecule has 3 rings (SSSR count). The molecular formula is C22H25N3O4. The predicted octanol–water partition coefficient (Wildman–Crippen LogP) is 2.26. The second-order valence-corrected chi connectivity index (χ2v) is 7.12. The Morgan fingerprint density at radius 2 is 1.83 bits per heavy atom. The van der Waals surface area contributed by atoms with Crippen LogP contribution in [0.15, 0.2) is 48.5 Å². The van der Waals surface area contributed by atoms with E-state index in [1.807, 2.05) is 31.2 Å². The fourth-order valence-electron chi connectivity index (χ4n) is 3.23. The Hall–Kier alpha value is -3.35. The number of nitrogens with two attached hydrogens (primary N) is 1. The zero-order chi connectivity index (χ0) is 20.8. The Morgan fingerprint density at radius 1 is 1.10 bits per heavy atom. The van der Waals surface area contributed by atoms with Crippen molar-refractivity contribution in [1.29, 1.82) is 0 Å². The van der Waals surface area contributed by atoms with Crippen LogP contribution in [-0.2, 0) is 22.6 Å². The van der Waals surface area contributed by atoms with Crippen LogP contribution in [0.5, 0.6) is 5.75 Å². The van der Waals surface area contributed by atoms with Gasteiger partial charge in [0, 0.05) is 13.0 Å². The molecule has 0 unspecified atom stereocenters. The number of amides is 4. The molecule has 0 aromatic heterocycles. The van der Waals surface area contributed by atoms with Gasteiger partial charge in [-0.3, -0.25) is 14.5 Å². The molecule has 1 saturated heterocycles. The lowest BCUT2D eigenvalue weighted by Gasteiger charge is -2.34. The first-order valence-electron chi connectivity index (χ1n) is 9.57. The van der Waals surface area contributed by atoms with Gasteiger partial charge < -0.3 is 15.4 Å². The number of ether oxygens (including phenoxy) is 1. The molecule has 0 saturated carbocycles. The van der Waals surface area contributed by atoms with Crippen LogP contribution in [0, 0.1) is 6.92 Å². The van der Waals surface area contributed by atoms with Gasteiger partial charge in [-0.1, -0.05) is 36.4 Å². The maximum Gasteiger partial charge on any atom is 0.327 e. The molecule has 2 N–H and O–H groups in total. The number of hydrogen-bond acceptors (Lipinski definition) is 4. The summed E-state index contributed by atoms with van der Waals surface area (Å²) in [4.78, 5) is 38.9. The number of carbonyl (C=O) groups excluding carboxylic acids is 3. The number of urea groups is 1. The van der Waals surface area contributed by atoms with Crippen molar-refractivity contribution in [3.8, 4) is 5.75 Å². The Morgan fingerprint density at radius 3 is 2.52 bits per heavy atom. The largest absolute Gasteiger partial charge is 0.492 e. The zero-order valence-electron chi connectivity index (χ0n) is 16.5. The predicted molar refractivity (Wildman–Crippen MR) is 108 cm³/mol. The van der Waals surface area contributed by atoms with Crippen molar-refractivity contribution in [1.82, 2.24) is 9.80 Å². The van der Waals surface area contributed by atoms with Crippen molar-refractivity contribution in [2.75, 3.05) is 19.7 Å². The number of nitrogens with zero attached hydrogens (tertiary/aromatic N) is 2. The quantitative estimate of drug-likeness (QED) is 0.742. The van der Waals surface area contributed by atoms with E-state index in [4.69, 9.17) is 10.5 Å². The third-order valence-electron chi connectivity index (χ3n) is 4.76. The van der Waals surface area contributed by atoms with Gasteiger partial charge in [-0.25, -0.2) is 4.79 Å². The fraction of sp³-hybridized carbons (Fsp3) is 0.318. The maximum absolute atomic E-state index is 12.8. The standard InChI is InChI=1S/C22H25N3O4/c1-16-3-2-4-19(13-16)29-12-11-24-10-9-21(27)25(22(24)28)15-18-7-5-17(6-8-18)14-20(23)26/h2-8,13H,9-12,14-15H2,1H3,(H2,23,26). The normalized spacial score (nSPS) is 14.2. The second kappa shape index (κ2) is 9.23. The van der Waals surface area contributed by atoms with Crippen LogP contribution in [0.2, 0.25) is 0 Å². The first-order valence-corrected chi connectivity index (χ1v) is 9.57. The summed E-state index contributed by atoms with van der Waals surface area (Å²) in [5.41, 5.74) is 7.92. The Labute approximate surface area is 170 Å². The van der Waals surface area contributed by atoms with Crippen LogP contribution in [0.1, 0.15) is 23.1 Å². The van der Waals surface area contributed by atoms with E-state index < -0.39 is 5.91 Å². The highest BCUT2D eigenvalue weighted by Crippen LogP contribution is 2.17. The van der Waals surface area contributed by atoms with Gasteiger partial charge >= 0.3 is 6.03 Å². The van der Waals surface area contributed by atoms with Gasteiger partial charge in [-0.2, -0.15) is 0 Å². The Bertz CT molecular complexity index is 895. The molecule has 0 atom stereocenters. The monoisotopic (exact) mass is 395 g/mol. The van der Waals surface area contributed by atoms with Crippen molar-refractivity contribution in [3.05, 3.63) is 65.2 Å². The van der Waals surface area contributed by atoms with E-state index >= 15 is 0 Å². The number of imide groups is 1. The van der Waals surface area contributed by atoms with Gasteiger partial charge in [0.2, 0.25) is 11.8 Å². The molecule has 0 radical (unpaired) electrons. The van der Waals surface area contributed by atoms with Crippen LogP contribution in [-0.4, -0.2) is 47.3 Å². The number of aryl methyl sites for hydroxylation is 1. The molecule has 0 spiro atoms. The van der Waals surface area contributed by atoms with Gasteiger partial charge in [0.15, 0.2) is 0 Å². The third-order valence-corrected chi connectivity index (χ3v) is 4.76. The van der Waals surface area contributed by atoms with Crippen LogP contribution in [0.25, 0.3) is 0 Å². The van der Waals surface area contributed by atoms with Crippen molar-refractivity contribution >= 4 is 17.8 Å². The smallest absolute Gasteiger partial charge is 0.327 e. The van der Waals surface area contributed by atoms with E-state index in [1.165, 1.54) is 4.90 Å². The average molecular weight is 395 g/mol. The van der Waals surface area contributed by atoms with E-state index in [2.05, 4.69) is 0 Å². The van der Waals surface area contributed by atoms with E-state index in [0.29, 0.717) is 19.7 Å². The van der Waals surface area contributed by atoms with Crippen LogP contribution in [0.4, 0.5) is 4.79 Å². The van der Waals surface area contributed by atoms with Gasteiger partial charge in [-0.05, 0) is 35.7 Å². The minimum atomic E-state index is -0.400. The first-order chi connectivity index (χ1) is 13.9. The van der Waals surface area contributed by atoms with Gasteiger partial charge in [0.05, 0.1) is 19.5 Å². The molecular weight excluding hydrogens is 370 g/mol. The summed E-state index contributed by atoms with van der Waals surface area (Å²) >= 11 is 0. The van der Waals surface area contributed by atoms with E-state index in [9.17, 15) is 14.4 Å². The molecule has 1 fully saturated rings. The van der Waals surface area contributed by atoms with Gasteiger partial charge in [0.25, 0.3) is 0 Å². The molecule has 1 aliphatic rings. The molecule has 152 valence electrons. The Kier molecular flexibility index (Phi) is 6.49. The van der Waals surface area contributed by atoms with E-state index in [0.717, 1.165) is 22.4 Å². The molecule has 7 nitrogen and oxygen atoms in total. The molecule has 1 aliphatic heterocycles.